The molecular formula is C21H29N5O. The Morgan fingerprint density at radius 3 is 2.70 bits per heavy atom. The first kappa shape index (κ1) is 18.2. The number of likely N-dealkylation sites (tertiary alicyclic amines) is 1. The number of nitrogens with zero attached hydrogens (tertiary/aromatic N) is 4. The topological polar surface area (TPSA) is 63.1 Å². The molecule has 1 amide bonds. The highest BCUT2D eigenvalue weighted by Crippen LogP contribution is 2.23. The van der Waals surface area contributed by atoms with Crippen molar-refractivity contribution in [1.82, 2.24) is 25.2 Å². The highest BCUT2D eigenvalue weighted by molar-refractivity contribution is 5.92. The van der Waals surface area contributed by atoms with Crippen LogP contribution < -0.4 is 5.32 Å². The molecule has 1 aromatic heterocycles. The first-order valence-electron chi connectivity index (χ1n) is 10.2. The minimum atomic E-state index is -0.0829. The molecular weight excluding hydrogens is 338 g/mol. The van der Waals surface area contributed by atoms with Crippen molar-refractivity contribution >= 4 is 5.91 Å². The van der Waals surface area contributed by atoms with E-state index in [0.717, 1.165) is 45.3 Å². The summed E-state index contributed by atoms with van der Waals surface area (Å²) in [6.45, 7) is 5.13. The molecule has 1 unspecified atom stereocenters. The molecule has 0 spiro atoms. The largest absolute Gasteiger partial charge is 0.348 e. The Kier molecular flexibility index (Phi) is 5.53. The Balaban J connectivity index is 1.36. The summed E-state index contributed by atoms with van der Waals surface area (Å²) in [6.07, 6.45) is 8.61. The molecule has 6 nitrogen and oxygen atoms in total. The number of hydrogen-bond acceptors (Lipinski definition) is 4. The van der Waals surface area contributed by atoms with Crippen LogP contribution in [0.25, 0.3) is 0 Å². The van der Waals surface area contributed by atoms with Crippen molar-refractivity contribution < 1.29 is 4.79 Å². The fraction of sp³-hybridized carbons (Fsp3) is 0.571. The zero-order chi connectivity index (χ0) is 18.6. The van der Waals surface area contributed by atoms with Gasteiger partial charge in [0.2, 0.25) is 0 Å². The number of benzene rings is 1. The maximum atomic E-state index is 12.4. The van der Waals surface area contributed by atoms with E-state index in [1.54, 1.807) is 0 Å². The van der Waals surface area contributed by atoms with E-state index in [4.69, 9.17) is 0 Å². The van der Waals surface area contributed by atoms with E-state index < -0.39 is 0 Å². The van der Waals surface area contributed by atoms with Gasteiger partial charge in [-0.05, 0) is 44.7 Å². The Morgan fingerprint density at radius 2 is 1.93 bits per heavy atom. The van der Waals surface area contributed by atoms with Crippen molar-refractivity contribution in [3.63, 3.8) is 0 Å². The van der Waals surface area contributed by atoms with Crippen LogP contribution in [0.1, 0.15) is 66.2 Å². The number of rotatable bonds is 5. The minimum Gasteiger partial charge on any atom is -0.348 e. The molecule has 1 aromatic carbocycles. The van der Waals surface area contributed by atoms with Gasteiger partial charge in [-0.25, -0.2) is 4.68 Å². The van der Waals surface area contributed by atoms with Gasteiger partial charge in [0.25, 0.3) is 5.91 Å². The van der Waals surface area contributed by atoms with Crippen molar-refractivity contribution in [2.24, 2.45) is 0 Å². The first-order chi connectivity index (χ1) is 13.2. The van der Waals surface area contributed by atoms with E-state index >= 15 is 0 Å². The number of piperidine rings is 1. The summed E-state index contributed by atoms with van der Waals surface area (Å²) >= 11 is 0. The predicted octanol–water partition coefficient (Wildman–Crippen LogP) is 3.10. The van der Waals surface area contributed by atoms with Gasteiger partial charge >= 0.3 is 0 Å². The summed E-state index contributed by atoms with van der Waals surface area (Å²) in [5, 5.41) is 11.5. The molecule has 27 heavy (non-hydrogen) atoms. The lowest BCUT2D eigenvalue weighted by Gasteiger charge is -2.32. The van der Waals surface area contributed by atoms with E-state index in [-0.39, 0.29) is 11.9 Å². The summed E-state index contributed by atoms with van der Waals surface area (Å²) < 4.78 is 1.89. The average molecular weight is 367 g/mol. The van der Waals surface area contributed by atoms with Gasteiger partial charge in [0, 0.05) is 19.1 Å². The lowest BCUT2D eigenvalue weighted by molar-refractivity contribution is 0.0932. The third-order valence-electron chi connectivity index (χ3n) is 5.81. The molecule has 144 valence electrons. The van der Waals surface area contributed by atoms with Crippen LogP contribution in [0.4, 0.5) is 0 Å². The van der Waals surface area contributed by atoms with E-state index in [0.29, 0.717) is 11.7 Å². The normalized spacial score (nSPS) is 21.4. The maximum Gasteiger partial charge on any atom is 0.273 e. The van der Waals surface area contributed by atoms with Gasteiger partial charge in [-0.3, -0.25) is 9.69 Å². The lowest BCUT2D eigenvalue weighted by atomic mass is 10.0. The fourth-order valence-electron chi connectivity index (χ4n) is 4.23. The van der Waals surface area contributed by atoms with Crippen molar-refractivity contribution in [3.05, 3.63) is 47.3 Å². The monoisotopic (exact) mass is 367 g/mol. The van der Waals surface area contributed by atoms with Crippen LogP contribution in [0, 0.1) is 6.92 Å². The highest BCUT2D eigenvalue weighted by atomic mass is 16.2. The molecule has 1 aliphatic carbocycles. The number of aryl methyl sites for hydroxylation is 1. The Labute approximate surface area is 160 Å². The number of amides is 1. The van der Waals surface area contributed by atoms with Gasteiger partial charge in [-0.2, -0.15) is 0 Å². The molecule has 2 fully saturated rings. The van der Waals surface area contributed by atoms with Crippen molar-refractivity contribution in [2.45, 2.75) is 64.1 Å². The van der Waals surface area contributed by atoms with Crippen molar-refractivity contribution in [2.75, 3.05) is 13.1 Å². The van der Waals surface area contributed by atoms with Gasteiger partial charge in [0.05, 0.1) is 12.2 Å². The van der Waals surface area contributed by atoms with E-state index in [1.165, 1.54) is 24.0 Å². The summed E-state index contributed by atoms with van der Waals surface area (Å²) in [4.78, 5) is 14.9. The van der Waals surface area contributed by atoms with Crippen molar-refractivity contribution in [1.29, 1.82) is 0 Å². The van der Waals surface area contributed by atoms with E-state index in [9.17, 15) is 4.79 Å². The zero-order valence-corrected chi connectivity index (χ0v) is 16.1. The smallest absolute Gasteiger partial charge is 0.273 e. The average Bonchev–Trinajstić information content (AvgIpc) is 3.36. The quantitative estimate of drug-likeness (QED) is 0.882. The number of aromatic nitrogens is 3. The number of carbonyl (C=O) groups is 1. The van der Waals surface area contributed by atoms with Gasteiger partial charge in [0.15, 0.2) is 5.69 Å². The molecule has 1 saturated carbocycles. The summed E-state index contributed by atoms with van der Waals surface area (Å²) in [6, 6.07) is 9.35. The maximum absolute atomic E-state index is 12.4. The van der Waals surface area contributed by atoms with Crippen LogP contribution in [0.5, 0.6) is 0 Å². The molecule has 1 N–H and O–H groups in total. The molecule has 0 bridgehead atoms. The molecule has 6 heteroatoms. The molecule has 2 aliphatic rings. The zero-order valence-electron chi connectivity index (χ0n) is 16.1. The fourth-order valence-corrected chi connectivity index (χ4v) is 4.23. The second-order valence-corrected chi connectivity index (χ2v) is 8.06. The second-order valence-electron chi connectivity index (χ2n) is 8.06. The summed E-state index contributed by atoms with van der Waals surface area (Å²) in [5.74, 6) is -0.0829. The lowest BCUT2D eigenvalue weighted by Crippen LogP contribution is -2.36. The SMILES string of the molecule is Cc1ccc(CN2CCCC(n3cc(C(=O)NC4CCCC4)nn3)C2)cc1. The molecule has 1 aliphatic heterocycles. The third-order valence-corrected chi connectivity index (χ3v) is 5.81. The van der Waals surface area contributed by atoms with E-state index in [1.807, 2.05) is 10.9 Å². The second kappa shape index (κ2) is 8.21. The highest BCUT2D eigenvalue weighted by Gasteiger charge is 2.24. The Bertz CT molecular complexity index is 763. The van der Waals surface area contributed by atoms with Crippen LogP contribution in [-0.4, -0.2) is 44.9 Å². The summed E-state index contributed by atoms with van der Waals surface area (Å²) in [7, 11) is 0. The van der Waals surface area contributed by atoms with Gasteiger partial charge in [-0.1, -0.05) is 47.9 Å². The predicted molar refractivity (Wildman–Crippen MR) is 104 cm³/mol. The molecule has 2 aromatic rings. The summed E-state index contributed by atoms with van der Waals surface area (Å²) in [5.41, 5.74) is 3.08. The first-order valence-corrected chi connectivity index (χ1v) is 10.2. The number of hydrogen-bond donors (Lipinski definition) is 1. The Morgan fingerprint density at radius 1 is 1.15 bits per heavy atom. The van der Waals surface area contributed by atoms with Crippen LogP contribution in [0.3, 0.4) is 0 Å². The van der Waals surface area contributed by atoms with Crippen LogP contribution in [0.2, 0.25) is 0 Å². The third kappa shape index (κ3) is 4.56. The van der Waals surface area contributed by atoms with Crippen LogP contribution in [-0.2, 0) is 6.54 Å². The van der Waals surface area contributed by atoms with Crippen molar-refractivity contribution in [3.8, 4) is 0 Å². The minimum absolute atomic E-state index is 0.0829. The standard InChI is InChI=1S/C21H29N5O/c1-16-8-10-17(11-9-16)13-25-12-4-7-19(14-25)26-15-20(23-24-26)21(27)22-18-5-2-3-6-18/h8-11,15,18-19H,2-7,12-14H2,1H3,(H,22,27). The molecule has 0 radical (unpaired) electrons. The molecule has 1 saturated heterocycles. The van der Waals surface area contributed by atoms with Gasteiger partial charge in [0.1, 0.15) is 0 Å². The van der Waals surface area contributed by atoms with E-state index in [2.05, 4.69) is 51.7 Å². The molecule has 1 atom stereocenters. The number of nitrogens with one attached hydrogen (secondary N) is 1. The van der Waals surface area contributed by atoms with Crippen LogP contribution in [0.15, 0.2) is 30.5 Å². The van der Waals surface area contributed by atoms with Gasteiger partial charge < -0.3 is 5.32 Å². The molecule has 4 rings (SSSR count). The van der Waals surface area contributed by atoms with Gasteiger partial charge in [-0.15, -0.1) is 5.10 Å². The Hall–Kier alpha value is -2.21. The molecule has 2 heterocycles. The van der Waals surface area contributed by atoms with Crippen LogP contribution >= 0.6 is 0 Å². The number of carbonyl (C=O) groups excluding carboxylic acids is 1.